The van der Waals surface area contributed by atoms with Crippen LogP contribution >= 0.6 is 27.3 Å². The second kappa shape index (κ2) is 4.74. The van der Waals surface area contributed by atoms with Crippen molar-refractivity contribution in [1.82, 2.24) is 0 Å². The molecule has 0 bridgehead atoms. The normalized spacial score (nSPS) is 12.5. The molecule has 0 aliphatic rings. The van der Waals surface area contributed by atoms with Gasteiger partial charge in [0.05, 0.1) is 19.6 Å². The zero-order valence-corrected chi connectivity index (χ0v) is 9.39. The van der Waals surface area contributed by atoms with E-state index in [1.54, 1.807) is 6.07 Å². The van der Waals surface area contributed by atoms with Gasteiger partial charge in [-0.25, -0.2) is 0 Å². The fourth-order valence-electron chi connectivity index (χ4n) is 0.845. The fraction of sp³-hybridized carbons (Fsp3) is 0.375. The third-order valence-electron chi connectivity index (χ3n) is 1.50. The van der Waals surface area contributed by atoms with Crippen LogP contribution in [-0.4, -0.2) is 18.2 Å². The summed E-state index contributed by atoms with van der Waals surface area (Å²) in [7, 11) is 1.30. The van der Waals surface area contributed by atoms with E-state index in [2.05, 4.69) is 20.7 Å². The van der Waals surface area contributed by atoms with Gasteiger partial charge in [0.25, 0.3) is 0 Å². The van der Waals surface area contributed by atoms with E-state index in [1.165, 1.54) is 18.4 Å². The molecule has 13 heavy (non-hydrogen) atoms. The number of halogens is 1. The second-order valence-corrected chi connectivity index (χ2v) is 4.32. The highest BCUT2D eigenvalue weighted by Crippen LogP contribution is 2.27. The summed E-state index contributed by atoms with van der Waals surface area (Å²) in [4.78, 5) is 11.6. The Bertz CT molecular complexity index is 297. The van der Waals surface area contributed by atoms with Crippen LogP contribution in [0.5, 0.6) is 0 Å². The monoisotopic (exact) mass is 264 g/mol. The Morgan fingerprint density at radius 2 is 2.54 bits per heavy atom. The molecular weight excluding hydrogens is 256 g/mol. The van der Waals surface area contributed by atoms with Crippen LogP contribution in [0.2, 0.25) is 0 Å². The summed E-state index contributed by atoms with van der Waals surface area (Å²) in [6.45, 7) is 0. The van der Waals surface area contributed by atoms with Gasteiger partial charge in [-0.05, 0) is 22.0 Å². The van der Waals surface area contributed by atoms with Crippen molar-refractivity contribution in [3.05, 3.63) is 20.8 Å². The van der Waals surface area contributed by atoms with Crippen molar-refractivity contribution < 1.29 is 14.6 Å². The number of rotatable bonds is 3. The van der Waals surface area contributed by atoms with Gasteiger partial charge >= 0.3 is 5.97 Å². The maximum absolute atomic E-state index is 10.8. The Balaban J connectivity index is 2.58. The Labute approximate surface area is 88.5 Å². The maximum Gasteiger partial charge on any atom is 0.308 e. The molecule has 5 heteroatoms. The Kier molecular flexibility index (Phi) is 3.90. The summed E-state index contributed by atoms with van der Waals surface area (Å²) in [5.41, 5.74) is 0. The van der Waals surface area contributed by atoms with Crippen molar-refractivity contribution in [2.75, 3.05) is 7.11 Å². The van der Waals surface area contributed by atoms with Crippen LogP contribution < -0.4 is 0 Å². The SMILES string of the molecule is COC(=O)CC(O)c1cc(Br)cs1. The minimum atomic E-state index is -0.760. The molecule has 1 aromatic rings. The van der Waals surface area contributed by atoms with Crippen molar-refractivity contribution in [1.29, 1.82) is 0 Å². The number of carbonyl (C=O) groups is 1. The minimum Gasteiger partial charge on any atom is -0.469 e. The number of ether oxygens (including phenoxy) is 1. The van der Waals surface area contributed by atoms with Gasteiger partial charge in [0.15, 0.2) is 0 Å². The van der Waals surface area contributed by atoms with Gasteiger partial charge in [-0.2, -0.15) is 0 Å². The molecule has 0 aliphatic carbocycles. The molecule has 0 saturated carbocycles. The van der Waals surface area contributed by atoms with E-state index in [0.29, 0.717) is 0 Å². The standard InChI is InChI=1S/C8H9BrO3S/c1-12-8(11)3-6(10)7-2-5(9)4-13-7/h2,4,6,10H,3H2,1H3. The first-order valence-electron chi connectivity index (χ1n) is 3.62. The molecule has 0 aromatic carbocycles. The second-order valence-electron chi connectivity index (χ2n) is 2.46. The van der Waals surface area contributed by atoms with Crippen LogP contribution in [0.25, 0.3) is 0 Å². The fourth-order valence-corrected chi connectivity index (χ4v) is 2.28. The summed E-state index contributed by atoms with van der Waals surface area (Å²) >= 11 is 4.67. The van der Waals surface area contributed by atoms with Crippen molar-refractivity contribution in [2.24, 2.45) is 0 Å². The molecule has 1 rings (SSSR count). The van der Waals surface area contributed by atoms with Gasteiger partial charge in [0, 0.05) is 14.7 Å². The van der Waals surface area contributed by atoms with Gasteiger partial charge in [0.1, 0.15) is 0 Å². The van der Waals surface area contributed by atoms with Gasteiger partial charge in [-0.15, -0.1) is 11.3 Å². The van der Waals surface area contributed by atoms with Crippen molar-refractivity contribution in [2.45, 2.75) is 12.5 Å². The molecule has 1 heterocycles. The lowest BCUT2D eigenvalue weighted by Gasteiger charge is -2.05. The molecule has 0 amide bonds. The van der Waals surface area contributed by atoms with Crippen LogP contribution in [0.1, 0.15) is 17.4 Å². The summed E-state index contributed by atoms with van der Waals surface area (Å²) < 4.78 is 5.36. The molecule has 1 atom stereocenters. The van der Waals surface area contributed by atoms with E-state index in [-0.39, 0.29) is 6.42 Å². The quantitative estimate of drug-likeness (QED) is 0.851. The largest absolute Gasteiger partial charge is 0.469 e. The van der Waals surface area contributed by atoms with Crippen LogP contribution in [0.3, 0.4) is 0 Å². The van der Waals surface area contributed by atoms with E-state index >= 15 is 0 Å². The Hall–Kier alpha value is -0.390. The van der Waals surface area contributed by atoms with Gasteiger partial charge in [-0.3, -0.25) is 4.79 Å². The lowest BCUT2D eigenvalue weighted by atomic mass is 10.2. The first-order valence-corrected chi connectivity index (χ1v) is 5.29. The summed E-state index contributed by atoms with van der Waals surface area (Å²) in [5, 5.41) is 11.4. The maximum atomic E-state index is 10.8. The predicted octanol–water partition coefficient (Wildman–Crippen LogP) is 2.11. The molecule has 72 valence electrons. The molecule has 3 nitrogen and oxygen atoms in total. The molecule has 1 unspecified atom stereocenters. The molecule has 0 fully saturated rings. The van der Waals surface area contributed by atoms with Crippen molar-refractivity contribution >= 4 is 33.2 Å². The molecule has 0 aliphatic heterocycles. The van der Waals surface area contributed by atoms with E-state index in [0.717, 1.165) is 9.35 Å². The lowest BCUT2D eigenvalue weighted by molar-refractivity contribution is -0.142. The van der Waals surface area contributed by atoms with Gasteiger partial charge in [-0.1, -0.05) is 0 Å². The minimum absolute atomic E-state index is 0.00343. The number of carbonyl (C=O) groups excluding carboxylic acids is 1. The molecule has 1 aromatic heterocycles. The number of aliphatic hydroxyl groups is 1. The van der Waals surface area contributed by atoms with Gasteiger partial charge in [0.2, 0.25) is 0 Å². The van der Waals surface area contributed by atoms with Crippen molar-refractivity contribution in [3.63, 3.8) is 0 Å². The summed E-state index contributed by atoms with van der Waals surface area (Å²) in [6, 6.07) is 1.79. The van der Waals surface area contributed by atoms with Gasteiger partial charge < -0.3 is 9.84 Å². The summed E-state index contributed by atoms with van der Waals surface area (Å²) in [6.07, 6.45) is -0.757. The highest BCUT2D eigenvalue weighted by molar-refractivity contribution is 9.10. The number of aliphatic hydroxyl groups excluding tert-OH is 1. The predicted molar refractivity (Wildman–Crippen MR) is 53.6 cm³/mol. The summed E-state index contributed by atoms with van der Waals surface area (Å²) in [5.74, 6) is -0.406. The molecular formula is C8H9BrO3S. The van der Waals surface area contributed by atoms with Crippen LogP contribution in [0, 0.1) is 0 Å². The number of hydrogen-bond acceptors (Lipinski definition) is 4. The first-order chi connectivity index (χ1) is 6.13. The lowest BCUT2D eigenvalue weighted by Crippen LogP contribution is -2.06. The average Bonchev–Trinajstić information content (AvgIpc) is 2.51. The molecule has 0 saturated heterocycles. The molecule has 0 spiro atoms. The van der Waals surface area contributed by atoms with Crippen LogP contribution in [-0.2, 0) is 9.53 Å². The van der Waals surface area contributed by atoms with Crippen molar-refractivity contribution in [3.8, 4) is 0 Å². The highest BCUT2D eigenvalue weighted by atomic mass is 79.9. The number of methoxy groups -OCH3 is 1. The number of esters is 1. The third kappa shape index (κ3) is 3.10. The third-order valence-corrected chi connectivity index (χ3v) is 3.30. The average molecular weight is 265 g/mol. The van der Waals surface area contributed by atoms with Crippen LogP contribution in [0.15, 0.2) is 15.9 Å². The van der Waals surface area contributed by atoms with E-state index in [9.17, 15) is 9.90 Å². The Morgan fingerprint density at radius 1 is 1.85 bits per heavy atom. The zero-order valence-electron chi connectivity index (χ0n) is 6.99. The number of hydrogen-bond donors (Lipinski definition) is 1. The molecule has 1 N–H and O–H groups in total. The van der Waals surface area contributed by atoms with E-state index in [4.69, 9.17) is 0 Å². The van der Waals surface area contributed by atoms with Crippen LogP contribution in [0.4, 0.5) is 0 Å². The first kappa shape index (κ1) is 10.7. The zero-order chi connectivity index (χ0) is 9.84. The highest BCUT2D eigenvalue weighted by Gasteiger charge is 2.14. The smallest absolute Gasteiger partial charge is 0.308 e. The topological polar surface area (TPSA) is 46.5 Å². The Morgan fingerprint density at radius 3 is 3.00 bits per heavy atom. The molecule has 0 radical (unpaired) electrons. The van der Waals surface area contributed by atoms with E-state index in [1.807, 2.05) is 5.38 Å². The van der Waals surface area contributed by atoms with E-state index < -0.39 is 12.1 Å². The number of thiophene rings is 1.